The van der Waals surface area contributed by atoms with Crippen molar-refractivity contribution >= 4 is 11.9 Å². The maximum atomic E-state index is 12.3. The Hall–Kier alpha value is -1.06. The average molecular weight is 295 g/mol. The highest BCUT2D eigenvalue weighted by Crippen LogP contribution is 2.42. The molecule has 2 rings (SSSR count). The van der Waals surface area contributed by atoms with Gasteiger partial charge in [0.1, 0.15) is 0 Å². The first-order valence-electron chi connectivity index (χ1n) is 8.42. The van der Waals surface area contributed by atoms with E-state index in [4.69, 9.17) is 5.11 Å². The van der Waals surface area contributed by atoms with Crippen LogP contribution in [0.1, 0.15) is 65.2 Å². The summed E-state index contributed by atoms with van der Waals surface area (Å²) in [6, 6.07) is 0. The van der Waals surface area contributed by atoms with Crippen LogP contribution in [0.2, 0.25) is 0 Å². The lowest BCUT2D eigenvalue weighted by Crippen LogP contribution is -2.39. The second-order valence-corrected chi connectivity index (χ2v) is 7.57. The lowest BCUT2D eigenvalue weighted by Gasteiger charge is -2.31. The van der Waals surface area contributed by atoms with Crippen molar-refractivity contribution in [3.05, 3.63) is 0 Å². The zero-order valence-electron chi connectivity index (χ0n) is 13.4. The number of carboxylic acid groups (broad SMARTS) is 1. The summed E-state index contributed by atoms with van der Waals surface area (Å²) in [7, 11) is 0. The molecule has 120 valence electrons. The second-order valence-electron chi connectivity index (χ2n) is 7.57. The van der Waals surface area contributed by atoms with Crippen LogP contribution in [0.15, 0.2) is 0 Å². The number of aliphatic carboxylic acids is 1. The quantitative estimate of drug-likeness (QED) is 0.790. The molecule has 2 aliphatic carbocycles. The van der Waals surface area contributed by atoms with Crippen LogP contribution in [-0.2, 0) is 9.59 Å². The van der Waals surface area contributed by atoms with E-state index in [2.05, 4.69) is 19.2 Å². The molecule has 2 saturated carbocycles. The van der Waals surface area contributed by atoms with Gasteiger partial charge in [-0.05, 0) is 49.9 Å². The van der Waals surface area contributed by atoms with E-state index in [0.29, 0.717) is 18.8 Å². The van der Waals surface area contributed by atoms with E-state index < -0.39 is 5.97 Å². The molecular formula is C17H29NO3. The molecule has 4 nitrogen and oxygen atoms in total. The van der Waals surface area contributed by atoms with Crippen molar-refractivity contribution in [1.29, 1.82) is 0 Å². The number of hydrogen-bond donors (Lipinski definition) is 2. The van der Waals surface area contributed by atoms with E-state index in [1.54, 1.807) is 0 Å². The van der Waals surface area contributed by atoms with Crippen LogP contribution in [0.4, 0.5) is 0 Å². The monoisotopic (exact) mass is 295 g/mol. The number of hydrogen-bond acceptors (Lipinski definition) is 2. The Balaban J connectivity index is 1.84. The van der Waals surface area contributed by atoms with Crippen LogP contribution in [0, 0.1) is 23.2 Å². The molecule has 4 heteroatoms. The topological polar surface area (TPSA) is 66.4 Å². The first-order chi connectivity index (χ1) is 9.92. The van der Waals surface area contributed by atoms with Gasteiger partial charge < -0.3 is 10.4 Å². The van der Waals surface area contributed by atoms with Gasteiger partial charge in [0.05, 0.1) is 5.92 Å². The first-order valence-corrected chi connectivity index (χ1v) is 8.42. The van der Waals surface area contributed by atoms with Gasteiger partial charge in [-0.15, -0.1) is 0 Å². The summed E-state index contributed by atoms with van der Waals surface area (Å²) in [5.41, 5.74) is 0.286. The minimum absolute atomic E-state index is 0.0776. The van der Waals surface area contributed by atoms with Gasteiger partial charge in [-0.3, -0.25) is 9.59 Å². The Morgan fingerprint density at radius 3 is 2.33 bits per heavy atom. The van der Waals surface area contributed by atoms with Crippen LogP contribution < -0.4 is 5.32 Å². The Bertz CT molecular complexity index is 385. The molecular weight excluding hydrogens is 266 g/mol. The van der Waals surface area contributed by atoms with E-state index in [1.807, 2.05) is 0 Å². The van der Waals surface area contributed by atoms with Crippen molar-refractivity contribution in [2.45, 2.75) is 65.2 Å². The summed E-state index contributed by atoms with van der Waals surface area (Å²) >= 11 is 0. The molecule has 0 heterocycles. The smallest absolute Gasteiger partial charge is 0.306 e. The largest absolute Gasteiger partial charge is 0.481 e. The Morgan fingerprint density at radius 1 is 1.19 bits per heavy atom. The summed E-state index contributed by atoms with van der Waals surface area (Å²) in [6.45, 7) is 5.27. The Labute approximate surface area is 127 Å². The number of nitrogens with one attached hydrogen (secondary N) is 1. The van der Waals surface area contributed by atoms with Crippen molar-refractivity contribution in [2.75, 3.05) is 6.54 Å². The third-order valence-electron chi connectivity index (χ3n) is 5.30. The molecule has 0 saturated heterocycles. The highest BCUT2D eigenvalue weighted by molar-refractivity contribution is 5.80. The zero-order valence-corrected chi connectivity index (χ0v) is 13.4. The molecule has 2 N–H and O–H groups in total. The van der Waals surface area contributed by atoms with Crippen molar-refractivity contribution < 1.29 is 14.7 Å². The summed E-state index contributed by atoms with van der Waals surface area (Å²) in [6.07, 6.45) is 8.03. The van der Waals surface area contributed by atoms with Gasteiger partial charge in [0.25, 0.3) is 0 Å². The van der Waals surface area contributed by atoms with Gasteiger partial charge >= 0.3 is 5.97 Å². The summed E-state index contributed by atoms with van der Waals surface area (Å²) in [5, 5.41) is 12.2. The predicted molar refractivity (Wildman–Crippen MR) is 81.8 cm³/mol. The molecule has 0 spiro atoms. The van der Waals surface area contributed by atoms with Gasteiger partial charge in [-0.1, -0.05) is 26.7 Å². The molecule has 0 aromatic rings. The fraction of sp³-hybridized carbons (Fsp3) is 0.882. The molecule has 21 heavy (non-hydrogen) atoms. The van der Waals surface area contributed by atoms with Crippen molar-refractivity contribution in [3.8, 4) is 0 Å². The summed E-state index contributed by atoms with van der Waals surface area (Å²) < 4.78 is 0. The predicted octanol–water partition coefficient (Wildman–Crippen LogP) is 3.21. The van der Waals surface area contributed by atoms with Crippen LogP contribution in [0.3, 0.4) is 0 Å². The SMILES string of the molecule is CC(C)CC1(CNC(=O)[C@@H]2CC[C@H](C(=O)O)C2)CCCC1. The standard InChI is InChI=1S/C17H29NO3/c1-12(2)10-17(7-3-4-8-17)11-18-15(19)13-5-6-14(9-13)16(20)21/h12-14H,3-11H2,1-2H3,(H,18,19)(H,20,21)/t13-,14+/m1/s1. The lowest BCUT2D eigenvalue weighted by atomic mass is 9.78. The molecule has 0 aromatic carbocycles. The maximum Gasteiger partial charge on any atom is 0.306 e. The molecule has 0 radical (unpaired) electrons. The second kappa shape index (κ2) is 6.80. The number of amides is 1. The molecule has 2 atom stereocenters. The molecule has 1 amide bonds. The summed E-state index contributed by atoms with van der Waals surface area (Å²) in [4.78, 5) is 23.3. The highest BCUT2D eigenvalue weighted by atomic mass is 16.4. The van der Waals surface area contributed by atoms with Crippen LogP contribution in [0.25, 0.3) is 0 Å². The normalized spacial score (nSPS) is 28.0. The van der Waals surface area contributed by atoms with Crippen molar-refractivity contribution in [2.24, 2.45) is 23.2 Å². The van der Waals surface area contributed by atoms with E-state index in [9.17, 15) is 9.59 Å². The highest BCUT2D eigenvalue weighted by Gasteiger charge is 2.37. The van der Waals surface area contributed by atoms with Gasteiger partial charge in [-0.25, -0.2) is 0 Å². The van der Waals surface area contributed by atoms with Gasteiger partial charge in [0, 0.05) is 12.5 Å². The Kier molecular flexibility index (Phi) is 5.28. The molecule has 0 bridgehead atoms. The minimum Gasteiger partial charge on any atom is -0.481 e. The van der Waals surface area contributed by atoms with Crippen LogP contribution in [0.5, 0.6) is 0 Å². The molecule has 0 aromatic heterocycles. The van der Waals surface area contributed by atoms with Gasteiger partial charge in [-0.2, -0.15) is 0 Å². The van der Waals surface area contributed by atoms with E-state index in [-0.39, 0.29) is 23.2 Å². The molecule has 2 fully saturated rings. The number of carbonyl (C=O) groups is 2. The number of carboxylic acids is 1. The zero-order chi connectivity index (χ0) is 15.5. The van der Waals surface area contributed by atoms with E-state index in [0.717, 1.165) is 13.0 Å². The number of rotatable bonds is 6. The third-order valence-corrected chi connectivity index (χ3v) is 5.30. The van der Waals surface area contributed by atoms with Gasteiger partial charge in [0.15, 0.2) is 0 Å². The van der Waals surface area contributed by atoms with E-state index >= 15 is 0 Å². The average Bonchev–Trinajstić information content (AvgIpc) is 3.04. The first kappa shape index (κ1) is 16.3. The fourth-order valence-corrected chi connectivity index (χ4v) is 4.31. The Morgan fingerprint density at radius 2 is 1.81 bits per heavy atom. The summed E-state index contributed by atoms with van der Waals surface area (Å²) in [5.74, 6) is -0.436. The maximum absolute atomic E-state index is 12.3. The van der Waals surface area contributed by atoms with Gasteiger partial charge in [0.2, 0.25) is 5.91 Å². The molecule has 0 unspecified atom stereocenters. The molecule has 0 aliphatic heterocycles. The van der Waals surface area contributed by atoms with Crippen molar-refractivity contribution in [1.82, 2.24) is 5.32 Å². The van der Waals surface area contributed by atoms with Crippen LogP contribution in [-0.4, -0.2) is 23.5 Å². The van der Waals surface area contributed by atoms with E-state index in [1.165, 1.54) is 32.1 Å². The lowest BCUT2D eigenvalue weighted by molar-refractivity contribution is -0.141. The number of carbonyl (C=O) groups excluding carboxylic acids is 1. The minimum atomic E-state index is -0.752. The molecule has 2 aliphatic rings. The fourth-order valence-electron chi connectivity index (χ4n) is 4.31. The third kappa shape index (κ3) is 4.21. The van der Waals surface area contributed by atoms with Crippen LogP contribution >= 0.6 is 0 Å². The van der Waals surface area contributed by atoms with Crippen molar-refractivity contribution in [3.63, 3.8) is 0 Å².